The molecule has 0 aliphatic carbocycles. The van der Waals surface area contributed by atoms with Gasteiger partial charge in [0.15, 0.2) is 0 Å². The van der Waals surface area contributed by atoms with Crippen LogP contribution in [-0.2, 0) is 16.0 Å². The quantitative estimate of drug-likeness (QED) is 0.606. The lowest BCUT2D eigenvalue weighted by Gasteiger charge is -2.34. The molecule has 0 saturated carbocycles. The summed E-state index contributed by atoms with van der Waals surface area (Å²) in [6, 6.07) is 5.96. The summed E-state index contributed by atoms with van der Waals surface area (Å²) in [7, 11) is 0. The van der Waals surface area contributed by atoms with Gasteiger partial charge in [0.1, 0.15) is 6.04 Å². The fourth-order valence-corrected chi connectivity index (χ4v) is 3.09. The Balaban J connectivity index is 1.68. The van der Waals surface area contributed by atoms with Gasteiger partial charge in [0.05, 0.1) is 6.33 Å². The number of piperazine rings is 1. The smallest absolute Gasteiger partial charge is 0.322 e. The van der Waals surface area contributed by atoms with Gasteiger partial charge in [-0.1, -0.05) is 13.0 Å². The maximum atomic E-state index is 12.8. The van der Waals surface area contributed by atoms with Crippen molar-refractivity contribution >= 4 is 29.2 Å². The van der Waals surface area contributed by atoms with E-state index in [-0.39, 0.29) is 17.8 Å². The Hall–Kier alpha value is -3.36. The number of nitrogens with one attached hydrogen (secondary N) is 4. The van der Waals surface area contributed by atoms with Gasteiger partial charge in [0.25, 0.3) is 0 Å². The molecule has 1 atom stereocenters. The van der Waals surface area contributed by atoms with Crippen molar-refractivity contribution in [2.24, 2.45) is 0 Å². The molecule has 0 radical (unpaired) electrons. The van der Waals surface area contributed by atoms with E-state index in [1.54, 1.807) is 36.8 Å². The average Bonchev–Trinajstić information content (AvgIpc) is 3.17. The van der Waals surface area contributed by atoms with Crippen LogP contribution >= 0.6 is 0 Å². The number of rotatable bonds is 6. The Morgan fingerprint density at radius 1 is 1.29 bits per heavy atom. The lowest BCUT2D eigenvalue weighted by molar-refractivity contribution is -0.127. The van der Waals surface area contributed by atoms with Crippen LogP contribution in [0.4, 0.5) is 16.2 Å². The van der Waals surface area contributed by atoms with Gasteiger partial charge >= 0.3 is 6.03 Å². The van der Waals surface area contributed by atoms with E-state index in [0.717, 1.165) is 12.1 Å². The third-order valence-electron chi connectivity index (χ3n) is 4.43. The number of aromatic nitrogens is 2. The molecule has 9 nitrogen and oxygen atoms in total. The van der Waals surface area contributed by atoms with Crippen molar-refractivity contribution in [1.29, 1.82) is 0 Å². The number of hydrogen-bond acceptors (Lipinski definition) is 4. The molecule has 3 rings (SSSR count). The predicted octanol–water partition coefficient (Wildman–Crippen LogP) is 1.72. The van der Waals surface area contributed by atoms with Crippen molar-refractivity contribution in [3.05, 3.63) is 42.5 Å². The maximum absolute atomic E-state index is 12.8. The van der Waals surface area contributed by atoms with Crippen LogP contribution in [-0.4, -0.2) is 51.8 Å². The van der Waals surface area contributed by atoms with Gasteiger partial charge in [0.2, 0.25) is 11.8 Å². The molecule has 0 spiro atoms. The van der Waals surface area contributed by atoms with Crippen molar-refractivity contribution in [3.63, 3.8) is 0 Å². The molecule has 4 N–H and O–H groups in total. The van der Waals surface area contributed by atoms with Crippen LogP contribution in [0.1, 0.15) is 25.5 Å². The Bertz CT molecular complexity index is 836. The monoisotopic (exact) mass is 384 g/mol. The van der Waals surface area contributed by atoms with E-state index in [4.69, 9.17) is 0 Å². The Labute approximate surface area is 162 Å². The molecule has 2 heterocycles. The fraction of sp³-hybridized carbons (Fsp3) is 0.368. The van der Waals surface area contributed by atoms with E-state index >= 15 is 0 Å². The first-order chi connectivity index (χ1) is 13.6. The summed E-state index contributed by atoms with van der Waals surface area (Å²) in [5, 5.41) is 8.41. The Kier molecular flexibility index (Phi) is 6.25. The molecule has 0 bridgehead atoms. The van der Waals surface area contributed by atoms with E-state index in [9.17, 15) is 14.4 Å². The van der Waals surface area contributed by atoms with Crippen LogP contribution in [0.15, 0.2) is 36.8 Å². The molecular formula is C19H24N6O3. The van der Waals surface area contributed by atoms with Crippen LogP contribution in [0.2, 0.25) is 0 Å². The van der Waals surface area contributed by atoms with Crippen LogP contribution in [0, 0.1) is 0 Å². The number of imidazole rings is 1. The van der Waals surface area contributed by atoms with Crippen molar-refractivity contribution in [2.75, 3.05) is 23.7 Å². The number of carbonyl (C=O) groups excluding carboxylic acids is 3. The molecule has 4 amide bonds. The van der Waals surface area contributed by atoms with Crippen LogP contribution in [0.5, 0.6) is 0 Å². The first-order valence-corrected chi connectivity index (χ1v) is 9.29. The number of anilines is 2. The van der Waals surface area contributed by atoms with Crippen molar-refractivity contribution < 1.29 is 14.4 Å². The van der Waals surface area contributed by atoms with Gasteiger partial charge in [-0.15, -0.1) is 0 Å². The largest absolute Gasteiger partial charge is 0.353 e. The Morgan fingerprint density at radius 3 is 2.79 bits per heavy atom. The van der Waals surface area contributed by atoms with E-state index in [0.29, 0.717) is 37.3 Å². The summed E-state index contributed by atoms with van der Waals surface area (Å²) >= 11 is 0. The second-order valence-corrected chi connectivity index (χ2v) is 6.59. The van der Waals surface area contributed by atoms with E-state index < -0.39 is 6.04 Å². The summed E-state index contributed by atoms with van der Waals surface area (Å²) in [4.78, 5) is 45.3. The van der Waals surface area contributed by atoms with Gasteiger partial charge in [-0.05, 0) is 24.6 Å². The molecular weight excluding hydrogens is 360 g/mol. The molecule has 1 aliphatic heterocycles. The molecule has 1 aliphatic rings. The zero-order chi connectivity index (χ0) is 19.9. The van der Waals surface area contributed by atoms with Gasteiger partial charge in [-0.3, -0.25) is 9.59 Å². The van der Waals surface area contributed by atoms with Crippen LogP contribution < -0.4 is 16.0 Å². The van der Waals surface area contributed by atoms with Gasteiger partial charge in [-0.2, -0.15) is 0 Å². The maximum Gasteiger partial charge on any atom is 0.322 e. The zero-order valence-corrected chi connectivity index (χ0v) is 15.7. The highest BCUT2D eigenvalue weighted by Crippen LogP contribution is 2.18. The summed E-state index contributed by atoms with van der Waals surface area (Å²) < 4.78 is 0. The number of benzene rings is 1. The lowest BCUT2D eigenvalue weighted by Crippen LogP contribution is -2.59. The highest BCUT2D eigenvalue weighted by molar-refractivity contribution is 5.96. The van der Waals surface area contributed by atoms with Crippen molar-refractivity contribution in [2.45, 2.75) is 32.2 Å². The number of aromatic amines is 1. The number of nitrogens with zero attached hydrogens (tertiary/aromatic N) is 2. The van der Waals surface area contributed by atoms with Gasteiger partial charge in [-0.25, -0.2) is 9.78 Å². The SMILES string of the molecule is CCCC(=O)Nc1cccc(NC(=O)N2CCNC(=O)[C@@H]2Cc2cnc[nH]2)c1. The topological polar surface area (TPSA) is 119 Å². The van der Waals surface area contributed by atoms with Crippen LogP contribution in [0.3, 0.4) is 0 Å². The number of amides is 4. The second-order valence-electron chi connectivity index (χ2n) is 6.59. The number of H-pyrrole nitrogens is 1. The molecule has 28 heavy (non-hydrogen) atoms. The molecule has 1 aromatic carbocycles. The first-order valence-electron chi connectivity index (χ1n) is 9.29. The molecule has 1 saturated heterocycles. The minimum absolute atomic E-state index is 0.0710. The second kappa shape index (κ2) is 9.03. The number of carbonyl (C=O) groups is 3. The predicted molar refractivity (Wildman–Crippen MR) is 105 cm³/mol. The van der Waals surface area contributed by atoms with Gasteiger partial charge in [0, 0.05) is 49.2 Å². The number of hydrogen-bond donors (Lipinski definition) is 4. The molecule has 9 heteroatoms. The van der Waals surface area contributed by atoms with Crippen LogP contribution in [0.25, 0.3) is 0 Å². The number of urea groups is 1. The van der Waals surface area contributed by atoms with Gasteiger partial charge < -0.3 is 25.8 Å². The molecule has 1 fully saturated rings. The summed E-state index contributed by atoms with van der Waals surface area (Å²) in [5.74, 6) is -0.269. The molecule has 0 unspecified atom stereocenters. The normalized spacial score (nSPS) is 16.4. The van der Waals surface area contributed by atoms with E-state index in [1.165, 1.54) is 4.90 Å². The summed E-state index contributed by atoms with van der Waals surface area (Å²) in [6.45, 7) is 2.74. The third-order valence-corrected chi connectivity index (χ3v) is 4.43. The van der Waals surface area contributed by atoms with E-state index in [2.05, 4.69) is 25.9 Å². The lowest BCUT2D eigenvalue weighted by atomic mass is 10.1. The highest BCUT2D eigenvalue weighted by Gasteiger charge is 2.33. The highest BCUT2D eigenvalue weighted by atomic mass is 16.2. The standard InChI is InChI=1S/C19H24N6O3/c1-2-4-17(26)23-13-5-3-6-14(9-13)24-19(28)25-8-7-21-18(27)16(25)10-15-11-20-12-22-15/h3,5-6,9,11-12,16H,2,4,7-8,10H2,1H3,(H,20,22)(H,21,27)(H,23,26)(H,24,28)/t16-/m0/s1. The average molecular weight is 384 g/mol. The third kappa shape index (κ3) is 4.87. The van der Waals surface area contributed by atoms with Crippen molar-refractivity contribution in [1.82, 2.24) is 20.2 Å². The first kappa shape index (κ1) is 19.4. The minimum Gasteiger partial charge on any atom is -0.353 e. The zero-order valence-electron chi connectivity index (χ0n) is 15.7. The minimum atomic E-state index is -0.623. The molecule has 2 aromatic rings. The fourth-order valence-electron chi connectivity index (χ4n) is 3.09. The van der Waals surface area contributed by atoms with E-state index in [1.807, 2.05) is 6.92 Å². The molecule has 1 aromatic heterocycles. The molecule has 148 valence electrons. The summed E-state index contributed by atoms with van der Waals surface area (Å²) in [5.41, 5.74) is 1.94. The van der Waals surface area contributed by atoms with Crippen molar-refractivity contribution in [3.8, 4) is 0 Å². The Morgan fingerprint density at radius 2 is 2.07 bits per heavy atom. The summed E-state index contributed by atoms with van der Waals surface area (Å²) in [6.07, 6.45) is 4.73.